The summed E-state index contributed by atoms with van der Waals surface area (Å²) in [6, 6.07) is 5.87. The third-order valence-electron chi connectivity index (χ3n) is 2.67. The fourth-order valence-corrected chi connectivity index (χ4v) is 2.18. The molecule has 0 aliphatic rings. The van der Waals surface area contributed by atoms with E-state index in [2.05, 4.69) is 9.97 Å². The number of aromatic amines is 1. The van der Waals surface area contributed by atoms with Gasteiger partial charge in [0.1, 0.15) is 5.75 Å². The van der Waals surface area contributed by atoms with E-state index >= 15 is 0 Å². The van der Waals surface area contributed by atoms with Crippen LogP contribution in [0.15, 0.2) is 30.6 Å². The van der Waals surface area contributed by atoms with Gasteiger partial charge in [0.15, 0.2) is 0 Å². The zero-order valence-electron chi connectivity index (χ0n) is 8.62. The fourth-order valence-electron chi connectivity index (χ4n) is 1.92. The minimum absolute atomic E-state index is 0.661. The van der Waals surface area contributed by atoms with E-state index in [1.165, 1.54) is 0 Å². The highest BCUT2D eigenvalue weighted by Gasteiger charge is 2.08. The van der Waals surface area contributed by atoms with E-state index in [1.807, 2.05) is 18.2 Å². The number of fused-ring (bicyclic) bond motifs is 3. The van der Waals surface area contributed by atoms with Crippen molar-refractivity contribution in [2.24, 2.45) is 0 Å². The lowest BCUT2D eigenvalue weighted by atomic mass is 10.2. The maximum atomic E-state index is 6.14. The monoisotopic (exact) mass is 232 g/mol. The van der Waals surface area contributed by atoms with Crippen molar-refractivity contribution in [3.05, 3.63) is 35.6 Å². The maximum absolute atomic E-state index is 6.14. The first-order valence-electron chi connectivity index (χ1n) is 4.88. The van der Waals surface area contributed by atoms with E-state index in [0.717, 1.165) is 27.6 Å². The van der Waals surface area contributed by atoms with Crippen LogP contribution >= 0.6 is 11.6 Å². The van der Waals surface area contributed by atoms with Gasteiger partial charge >= 0.3 is 0 Å². The molecule has 0 fully saturated rings. The molecule has 3 rings (SSSR count). The standard InChI is InChI=1S/C12H9ClN2O/c1-16-7-2-3-8-10(4-7)15-11-6-14-5-9(13)12(8)11/h2-6,15H,1H3. The Hall–Kier alpha value is -1.74. The molecule has 0 aliphatic heterocycles. The van der Waals surface area contributed by atoms with E-state index in [1.54, 1.807) is 19.5 Å². The number of pyridine rings is 1. The molecule has 0 bridgehead atoms. The van der Waals surface area contributed by atoms with Crippen molar-refractivity contribution in [3.8, 4) is 5.75 Å². The SMILES string of the molecule is COc1ccc2c(c1)[nH]c1cncc(Cl)c12. The summed E-state index contributed by atoms with van der Waals surface area (Å²) in [7, 11) is 1.65. The molecule has 0 spiro atoms. The molecule has 2 heterocycles. The molecule has 16 heavy (non-hydrogen) atoms. The van der Waals surface area contributed by atoms with Crippen molar-refractivity contribution in [2.75, 3.05) is 7.11 Å². The van der Waals surface area contributed by atoms with Crippen LogP contribution in [-0.4, -0.2) is 17.1 Å². The van der Waals surface area contributed by atoms with Gasteiger partial charge in [-0.1, -0.05) is 11.6 Å². The lowest BCUT2D eigenvalue weighted by molar-refractivity contribution is 0.415. The predicted molar refractivity (Wildman–Crippen MR) is 65.2 cm³/mol. The molecule has 4 heteroatoms. The van der Waals surface area contributed by atoms with Gasteiger partial charge in [-0.25, -0.2) is 0 Å². The Bertz CT molecular complexity index is 675. The van der Waals surface area contributed by atoms with Crippen molar-refractivity contribution in [2.45, 2.75) is 0 Å². The van der Waals surface area contributed by atoms with Gasteiger partial charge in [0.2, 0.25) is 0 Å². The number of ether oxygens (including phenoxy) is 1. The van der Waals surface area contributed by atoms with Gasteiger partial charge in [0.05, 0.1) is 29.4 Å². The highest BCUT2D eigenvalue weighted by molar-refractivity contribution is 6.37. The van der Waals surface area contributed by atoms with Crippen LogP contribution in [-0.2, 0) is 0 Å². The third-order valence-corrected chi connectivity index (χ3v) is 2.95. The Morgan fingerprint density at radius 1 is 1.25 bits per heavy atom. The summed E-state index contributed by atoms with van der Waals surface area (Å²) in [4.78, 5) is 7.32. The van der Waals surface area contributed by atoms with E-state index in [4.69, 9.17) is 16.3 Å². The minimum atomic E-state index is 0.661. The van der Waals surface area contributed by atoms with Crippen molar-refractivity contribution in [3.63, 3.8) is 0 Å². The van der Waals surface area contributed by atoms with Gasteiger partial charge in [-0.05, 0) is 12.1 Å². The quantitative estimate of drug-likeness (QED) is 0.699. The number of aromatic nitrogens is 2. The molecule has 1 aromatic carbocycles. The Morgan fingerprint density at radius 3 is 2.94 bits per heavy atom. The van der Waals surface area contributed by atoms with E-state index in [-0.39, 0.29) is 0 Å². The molecule has 0 amide bonds. The van der Waals surface area contributed by atoms with Crippen molar-refractivity contribution < 1.29 is 4.74 Å². The number of rotatable bonds is 1. The number of hydrogen-bond donors (Lipinski definition) is 1. The molecule has 0 aliphatic carbocycles. The Kier molecular flexibility index (Phi) is 2.01. The van der Waals surface area contributed by atoms with Crippen LogP contribution in [0.2, 0.25) is 5.02 Å². The second-order valence-electron chi connectivity index (χ2n) is 3.58. The minimum Gasteiger partial charge on any atom is -0.497 e. The number of nitrogens with zero attached hydrogens (tertiary/aromatic N) is 1. The largest absolute Gasteiger partial charge is 0.497 e. The molecule has 0 unspecified atom stereocenters. The number of nitrogens with one attached hydrogen (secondary N) is 1. The van der Waals surface area contributed by atoms with Gasteiger partial charge in [0, 0.05) is 23.0 Å². The molecule has 0 radical (unpaired) electrons. The Balaban J connectivity index is 2.47. The number of H-pyrrole nitrogens is 1. The molecule has 3 nitrogen and oxygen atoms in total. The second kappa shape index (κ2) is 3.39. The number of hydrogen-bond acceptors (Lipinski definition) is 2. The molecule has 80 valence electrons. The zero-order chi connectivity index (χ0) is 11.1. The highest BCUT2D eigenvalue weighted by atomic mass is 35.5. The third kappa shape index (κ3) is 1.25. The molecular formula is C12H9ClN2O. The summed E-state index contributed by atoms with van der Waals surface area (Å²) in [5, 5.41) is 2.76. The molecule has 1 N–H and O–H groups in total. The first-order valence-corrected chi connectivity index (χ1v) is 5.26. The maximum Gasteiger partial charge on any atom is 0.120 e. The summed E-state index contributed by atoms with van der Waals surface area (Å²) >= 11 is 6.14. The van der Waals surface area contributed by atoms with E-state index in [9.17, 15) is 0 Å². The lowest BCUT2D eigenvalue weighted by Gasteiger charge is -1.98. The average molecular weight is 233 g/mol. The smallest absolute Gasteiger partial charge is 0.120 e. The molecule has 0 saturated heterocycles. The normalized spacial score (nSPS) is 11.1. The number of halogens is 1. The second-order valence-corrected chi connectivity index (χ2v) is 3.99. The topological polar surface area (TPSA) is 37.9 Å². The first-order chi connectivity index (χ1) is 7.79. The molecule has 2 aromatic heterocycles. The predicted octanol–water partition coefficient (Wildman–Crippen LogP) is 3.38. The molecular weight excluding hydrogens is 224 g/mol. The number of methoxy groups -OCH3 is 1. The van der Waals surface area contributed by atoms with Gasteiger partial charge < -0.3 is 9.72 Å². The summed E-state index contributed by atoms with van der Waals surface area (Å²) in [5.41, 5.74) is 1.94. The van der Waals surface area contributed by atoms with Crippen LogP contribution < -0.4 is 4.74 Å². The van der Waals surface area contributed by atoms with Crippen LogP contribution in [0, 0.1) is 0 Å². The Morgan fingerprint density at radius 2 is 2.12 bits per heavy atom. The van der Waals surface area contributed by atoms with Crippen LogP contribution in [0.4, 0.5) is 0 Å². The lowest BCUT2D eigenvalue weighted by Crippen LogP contribution is -1.80. The van der Waals surface area contributed by atoms with Crippen LogP contribution in [0.1, 0.15) is 0 Å². The zero-order valence-corrected chi connectivity index (χ0v) is 9.38. The molecule has 0 saturated carbocycles. The average Bonchev–Trinajstić information content (AvgIpc) is 2.67. The van der Waals surface area contributed by atoms with Crippen LogP contribution in [0.3, 0.4) is 0 Å². The van der Waals surface area contributed by atoms with Gasteiger partial charge in [-0.15, -0.1) is 0 Å². The fraction of sp³-hybridized carbons (Fsp3) is 0.0833. The summed E-state index contributed by atoms with van der Waals surface area (Å²) < 4.78 is 5.18. The van der Waals surface area contributed by atoms with Crippen molar-refractivity contribution >= 4 is 33.4 Å². The van der Waals surface area contributed by atoms with Crippen molar-refractivity contribution in [1.29, 1.82) is 0 Å². The first kappa shape index (κ1) is 9.48. The van der Waals surface area contributed by atoms with Gasteiger partial charge in [-0.2, -0.15) is 0 Å². The van der Waals surface area contributed by atoms with Crippen LogP contribution in [0.5, 0.6) is 5.75 Å². The molecule has 0 atom stereocenters. The Labute approximate surface area is 97.0 Å². The van der Waals surface area contributed by atoms with E-state index in [0.29, 0.717) is 5.02 Å². The highest BCUT2D eigenvalue weighted by Crippen LogP contribution is 2.32. The van der Waals surface area contributed by atoms with Gasteiger partial charge in [0.25, 0.3) is 0 Å². The summed E-state index contributed by atoms with van der Waals surface area (Å²) in [5.74, 6) is 0.822. The van der Waals surface area contributed by atoms with Crippen molar-refractivity contribution in [1.82, 2.24) is 9.97 Å². The summed E-state index contributed by atoms with van der Waals surface area (Å²) in [6.07, 6.45) is 3.43. The number of benzene rings is 1. The molecule has 3 aromatic rings. The van der Waals surface area contributed by atoms with E-state index < -0.39 is 0 Å². The van der Waals surface area contributed by atoms with Gasteiger partial charge in [-0.3, -0.25) is 4.98 Å². The summed E-state index contributed by atoms with van der Waals surface area (Å²) in [6.45, 7) is 0. The van der Waals surface area contributed by atoms with Crippen LogP contribution in [0.25, 0.3) is 21.8 Å².